The monoisotopic (exact) mass is 260 g/mol. The Labute approximate surface area is 112 Å². The lowest BCUT2D eigenvalue weighted by molar-refractivity contribution is -0.133. The number of pyridine rings is 1. The molecule has 0 unspecified atom stereocenters. The van der Waals surface area contributed by atoms with Gasteiger partial charge in [-0.05, 0) is 12.1 Å². The summed E-state index contributed by atoms with van der Waals surface area (Å²) < 4.78 is 5.21. The Hall–Kier alpha value is -2.13. The lowest BCUT2D eigenvalue weighted by Crippen LogP contribution is -2.45. The van der Waals surface area contributed by atoms with E-state index in [1.54, 1.807) is 21.9 Å². The highest BCUT2D eigenvalue weighted by molar-refractivity contribution is 5.81. The normalized spacial score (nSPS) is 14.8. The molecule has 0 aliphatic carbocycles. The van der Waals surface area contributed by atoms with Crippen molar-refractivity contribution in [3.05, 3.63) is 23.9 Å². The van der Waals surface area contributed by atoms with Gasteiger partial charge < -0.3 is 14.5 Å². The van der Waals surface area contributed by atoms with Crippen LogP contribution >= 0.6 is 0 Å². The standard InChI is InChI=1S/C13H16N4O2/c1-16(12-3-2-11(8-14)9-15-12)10-13(18)17-4-6-19-7-5-17/h2-3,9H,4-7,10H2,1H3. The number of ether oxygens (including phenoxy) is 1. The van der Waals surface area contributed by atoms with Crippen LogP contribution in [0.2, 0.25) is 0 Å². The molecule has 6 nitrogen and oxygen atoms in total. The first-order valence-corrected chi connectivity index (χ1v) is 6.13. The smallest absolute Gasteiger partial charge is 0.242 e. The molecule has 1 aromatic heterocycles. The van der Waals surface area contributed by atoms with E-state index < -0.39 is 0 Å². The minimum absolute atomic E-state index is 0.0666. The quantitative estimate of drug-likeness (QED) is 0.779. The molecule has 0 saturated carbocycles. The van der Waals surface area contributed by atoms with E-state index in [2.05, 4.69) is 4.98 Å². The molecule has 1 aliphatic rings. The molecule has 0 atom stereocenters. The molecule has 2 rings (SSSR count). The van der Waals surface area contributed by atoms with Crippen molar-refractivity contribution in [3.8, 4) is 6.07 Å². The largest absolute Gasteiger partial charge is 0.378 e. The zero-order valence-corrected chi connectivity index (χ0v) is 10.9. The van der Waals surface area contributed by atoms with Gasteiger partial charge in [0.05, 0.1) is 25.3 Å². The minimum Gasteiger partial charge on any atom is -0.378 e. The van der Waals surface area contributed by atoms with Crippen LogP contribution < -0.4 is 4.90 Å². The first-order chi connectivity index (χ1) is 9.20. The summed E-state index contributed by atoms with van der Waals surface area (Å²) in [5.41, 5.74) is 0.511. The lowest BCUT2D eigenvalue weighted by atomic mass is 10.3. The Morgan fingerprint density at radius 3 is 2.84 bits per heavy atom. The van der Waals surface area contributed by atoms with Crippen molar-refractivity contribution in [2.45, 2.75) is 0 Å². The number of carbonyl (C=O) groups is 1. The second kappa shape index (κ2) is 6.16. The highest BCUT2D eigenvalue weighted by atomic mass is 16.5. The Kier molecular flexibility index (Phi) is 4.31. The van der Waals surface area contributed by atoms with E-state index in [0.29, 0.717) is 37.7 Å². The van der Waals surface area contributed by atoms with Gasteiger partial charge in [0.25, 0.3) is 0 Å². The number of rotatable bonds is 3. The van der Waals surface area contributed by atoms with Gasteiger partial charge in [0.15, 0.2) is 0 Å². The lowest BCUT2D eigenvalue weighted by Gasteiger charge is -2.29. The minimum atomic E-state index is 0.0666. The molecular formula is C13H16N4O2. The topological polar surface area (TPSA) is 69.5 Å². The van der Waals surface area contributed by atoms with Gasteiger partial charge in [0.2, 0.25) is 5.91 Å². The van der Waals surface area contributed by atoms with Crippen LogP contribution in [0.4, 0.5) is 5.82 Å². The van der Waals surface area contributed by atoms with E-state index in [1.165, 1.54) is 6.20 Å². The third-order valence-corrected chi connectivity index (χ3v) is 3.00. The second-order valence-electron chi connectivity index (χ2n) is 4.37. The third-order valence-electron chi connectivity index (χ3n) is 3.00. The molecule has 1 aromatic rings. The summed E-state index contributed by atoms with van der Waals surface area (Å²) in [5, 5.41) is 8.71. The number of carbonyl (C=O) groups excluding carboxylic acids is 1. The molecule has 1 saturated heterocycles. The molecule has 0 aromatic carbocycles. The second-order valence-corrected chi connectivity index (χ2v) is 4.37. The van der Waals surface area contributed by atoms with Gasteiger partial charge in [-0.15, -0.1) is 0 Å². The van der Waals surface area contributed by atoms with Crippen LogP contribution in [0.5, 0.6) is 0 Å². The molecule has 19 heavy (non-hydrogen) atoms. The zero-order chi connectivity index (χ0) is 13.7. The third kappa shape index (κ3) is 3.42. The highest BCUT2D eigenvalue weighted by Crippen LogP contribution is 2.09. The number of likely N-dealkylation sites (N-methyl/N-ethyl adjacent to an activating group) is 1. The van der Waals surface area contributed by atoms with Gasteiger partial charge >= 0.3 is 0 Å². The maximum absolute atomic E-state index is 12.1. The fourth-order valence-electron chi connectivity index (χ4n) is 1.87. The average Bonchev–Trinajstić information content (AvgIpc) is 2.48. The van der Waals surface area contributed by atoms with E-state index in [0.717, 1.165) is 0 Å². The number of nitriles is 1. The summed E-state index contributed by atoms with van der Waals surface area (Å²) in [5.74, 6) is 0.748. The fraction of sp³-hybridized carbons (Fsp3) is 0.462. The van der Waals surface area contributed by atoms with E-state index in [9.17, 15) is 4.79 Å². The number of morpholine rings is 1. The van der Waals surface area contributed by atoms with Crippen molar-refractivity contribution in [1.82, 2.24) is 9.88 Å². The first kappa shape index (κ1) is 13.3. The van der Waals surface area contributed by atoms with Crippen LogP contribution in [-0.4, -0.2) is 55.7 Å². The maximum atomic E-state index is 12.1. The van der Waals surface area contributed by atoms with Crippen molar-refractivity contribution in [1.29, 1.82) is 5.26 Å². The molecule has 100 valence electrons. The van der Waals surface area contributed by atoms with Crippen LogP contribution in [0.15, 0.2) is 18.3 Å². The van der Waals surface area contributed by atoms with Crippen molar-refractivity contribution < 1.29 is 9.53 Å². The molecule has 0 N–H and O–H groups in total. The number of hydrogen-bond acceptors (Lipinski definition) is 5. The van der Waals surface area contributed by atoms with E-state index >= 15 is 0 Å². The summed E-state index contributed by atoms with van der Waals surface area (Å²) in [6.07, 6.45) is 1.51. The summed E-state index contributed by atoms with van der Waals surface area (Å²) in [4.78, 5) is 19.8. The summed E-state index contributed by atoms with van der Waals surface area (Å²) in [6, 6.07) is 5.45. The van der Waals surface area contributed by atoms with Crippen LogP contribution in [0.1, 0.15) is 5.56 Å². The zero-order valence-electron chi connectivity index (χ0n) is 10.9. The Morgan fingerprint density at radius 1 is 1.53 bits per heavy atom. The molecule has 1 fully saturated rings. The molecule has 0 radical (unpaired) electrons. The van der Waals surface area contributed by atoms with Crippen LogP contribution in [0.3, 0.4) is 0 Å². The van der Waals surface area contributed by atoms with Crippen molar-refractivity contribution in [2.75, 3.05) is 44.8 Å². The van der Waals surface area contributed by atoms with Gasteiger partial charge in [-0.25, -0.2) is 4.98 Å². The van der Waals surface area contributed by atoms with Gasteiger partial charge in [0, 0.05) is 26.3 Å². The number of aromatic nitrogens is 1. The summed E-state index contributed by atoms with van der Waals surface area (Å²) in [6.45, 7) is 2.77. The molecule has 1 amide bonds. The molecule has 0 spiro atoms. The molecular weight excluding hydrogens is 244 g/mol. The van der Waals surface area contributed by atoms with E-state index in [1.807, 2.05) is 13.1 Å². The number of amides is 1. The van der Waals surface area contributed by atoms with E-state index in [-0.39, 0.29) is 12.5 Å². The molecule has 1 aliphatic heterocycles. The Balaban J connectivity index is 1.93. The van der Waals surface area contributed by atoms with Crippen molar-refractivity contribution >= 4 is 11.7 Å². The molecule has 2 heterocycles. The predicted octanol–water partition coefficient (Wildman–Crippen LogP) is 0.248. The first-order valence-electron chi connectivity index (χ1n) is 6.13. The predicted molar refractivity (Wildman–Crippen MR) is 69.6 cm³/mol. The summed E-state index contributed by atoms with van der Waals surface area (Å²) in [7, 11) is 1.81. The SMILES string of the molecule is CN(CC(=O)N1CCOCC1)c1ccc(C#N)cn1. The van der Waals surface area contributed by atoms with Gasteiger partial charge in [-0.2, -0.15) is 5.26 Å². The van der Waals surface area contributed by atoms with Crippen LogP contribution in [0.25, 0.3) is 0 Å². The van der Waals surface area contributed by atoms with E-state index in [4.69, 9.17) is 10.00 Å². The van der Waals surface area contributed by atoms with Crippen molar-refractivity contribution in [3.63, 3.8) is 0 Å². The van der Waals surface area contributed by atoms with Crippen LogP contribution in [0, 0.1) is 11.3 Å². The molecule has 0 bridgehead atoms. The fourth-order valence-corrected chi connectivity index (χ4v) is 1.87. The average molecular weight is 260 g/mol. The number of anilines is 1. The number of nitrogens with zero attached hydrogens (tertiary/aromatic N) is 4. The highest BCUT2D eigenvalue weighted by Gasteiger charge is 2.18. The number of hydrogen-bond donors (Lipinski definition) is 0. The summed E-state index contributed by atoms with van der Waals surface area (Å²) >= 11 is 0. The van der Waals surface area contributed by atoms with Gasteiger partial charge in [0.1, 0.15) is 11.9 Å². The maximum Gasteiger partial charge on any atom is 0.242 e. The Morgan fingerprint density at radius 2 is 2.26 bits per heavy atom. The Bertz CT molecular complexity index is 474. The van der Waals surface area contributed by atoms with Crippen molar-refractivity contribution in [2.24, 2.45) is 0 Å². The van der Waals surface area contributed by atoms with Gasteiger partial charge in [-0.3, -0.25) is 4.79 Å². The van der Waals surface area contributed by atoms with Crippen LogP contribution in [-0.2, 0) is 9.53 Å². The molecule has 6 heteroatoms. The van der Waals surface area contributed by atoms with Gasteiger partial charge in [-0.1, -0.05) is 0 Å².